The lowest BCUT2D eigenvalue weighted by molar-refractivity contribution is -0.126. The molecule has 0 saturated carbocycles. The maximum absolute atomic E-state index is 12.1. The fraction of sp³-hybridized carbons (Fsp3) is 0.533. The van der Waals surface area contributed by atoms with E-state index in [1.54, 1.807) is 24.9 Å². The number of carbonyl (C=O) groups is 1. The molecular formula is C15H23ClN2O3. The third kappa shape index (κ3) is 6.01. The molecule has 0 spiro atoms. The van der Waals surface area contributed by atoms with Crippen LogP contribution in [0.4, 0.5) is 0 Å². The number of methoxy groups -OCH3 is 1. The molecule has 0 heterocycles. The zero-order chi connectivity index (χ0) is 15.8. The Morgan fingerprint density at radius 1 is 1.48 bits per heavy atom. The summed E-state index contributed by atoms with van der Waals surface area (Å²) in [6.07, 6.45) is -0.612. The van der Waals surface area contributed by atoms with Crippen LogP contribution in [-0.4, -0.2) is 55.4 Å². The molecule has 0 bridgehead atoms. The smallest absolute Gasteiger partial charge is 0.237 e. The summed E-state index contributed by atoms with van der Waals surface area (Å²) in [4.78, 5) is 13.9. The van der Waals surface area contributed by atoms with Crippen LogP contribution in [0.15, 0.2) is 24.3 Å². The molecule has 0 aromatic heterocycles. The molecule has 21 heavy (non-hydrogen) atoms. The Bertz CT molecular complexity index is 456. The summed E-state index contributed by atoms with van der Waals surface area (Å²) >= 11 is 6.04. The molecule has 2 N–H and O–H groups in total. The average Bonchev–Trinajstić information content (AvgIpc) is 2.45. The number of hydrogen-bond donors (Lipinski definition) is 2. The predicted molar refractivity (Wildman–Crippen MR) is 83.3 cm³/mol. The van der Waals surface area contributed by atoms with Gasteiger partial charge in [-0.1, -0.05) is 29.8 Å². The lowest BCUT2D eigenvalue weighted by Crippen LogP contribution is -2.46. The van der Waals surface area contributed by atoms with E-state index in [4.69, 9.17) is 16.3 Å². The number of aliphatic hydroxyl groups is 1. The van der Waals surface area contributed by atoms with E-state index in [-0.39, 0.29) is 18.6 Å². The number of nitrogens with zero attached hydrogens (tertiary/aromatic N) is 1. The Balaban J connectivity index is 2.45. The molecule has 0 saturated heterocycles. The van der Waals surface area contributed by atoms with Crippen molar-refractivity contribution in [3.63, 3.8) is 0 Å². The van der Waals surface area contributed by atoms with E-state index in [0.717, 1.165) is 5.56 Å². The summed E-state index contributed by atoms with van der Waals surface area (Å²) in [7, 11) is 3.32. The summed E-state index contributed by atoms with van der Waals surface area (Å²) in [5.74, 6) is -0.109. The average molecular weight is 315 g/mol. The first-order chi connectivity index (χ1) is 9.95. The minimum Gasteiger partial charge on any atom is -0.389 e. The molecular weight excluding hydrogens is 292 g/mol. The number of amides is 1. The van der Waals surface area contributed by atoms with E-state index in [9.17, 15) is 9.90 Å². The highest BCUT2D eigenvalue weighted by Gasteiger charge is 2.20. The molecule has 0 aliphatic carbocycles. The number of ether oxygens (including phenoxy) is 1. The van der Waals surface area contributed by atoms with Gasteiger partial charge in [-0.25, -0.2) is 0 Å². The molecule has 2 unspecified atom stereocenters. The van der Waals surface area contributed by atoms with Crippen molar-refractivity contribution in [3.8, 4) is 0 Å². The van der Waals surface area contributed by atoms with Gasteiger partial charge in [-0.3, -0.25) is 9.69 Å². The first-order valence-corrected chi connectivity index (χ1v) is 7.21. The van der Waals surface area contributed by atoms with Gasteiger partial charge in [0.2, 0.25) is 5.91 Å². The van der Waals surface area contributed by atoms with Gasteiger partial charge in [-0.15, -0.1) is 0 Å². The fourth-order valence-electron chi connectivity index (χ4n) is 1.91. The highest BCUT2D eigenvalue weighted by molar-refractivity contribution is 6.31. The summed E-state index contributed by atoms with van der Waals surface area (Å²) in [6.45, 7) is 2.80. The zero-order valence-electron chi connectivity index (χ0n) is 12.7. The van der Waals surface area contributed by atoms with Crippen molar-refractivity contribution in [3.05, 3.63) is 34.9 Å². The van der Waals surface area contributed by atoms with Crippen molar-refractivity contribution in [2.75, 3.05) is 27.3 Å². The first kappa shape index (κ1) is 17.9. The topological polar surface area (TPSA) is 61.8 Å². The highest BCUT2D eigenvalue weighted by atomic mass is 35.5. The minimum absolute atomic E-state index is 0.109. The maximum Gasteiger partial charge on any atom is 0.237 e. The Morgan fingerprint density at radius 3 is 2.76 bits per heavy atom. The summed E-state index contributed by atoms with van der Waals surface area (Å²) in [5.41, 5.74) is 0.877. The van der Waals surface area contributed by atoms with Crippen LogP contribution in [0, 0.1) is 0 Å². The van der Waals surface area contributed by atoms with Crippen LogP contribution in [0.1, 0.15) is 12.5 Å². The molecule has 118 valence electrons. The zero-order valence-corrected chi connectivity index (χ0v) is 13.4. The van der Waals surface area contributed by atoms with Gasteiger partial charge >= 0.3 is 0 Å². The van der Waals surface area contributed by atoms with Gasteiger partial charge < -0.3 is 15.2 Å². The molecule has 5 nitrogen and oxygen atoms in total. The fourth-order valence-corrected chi connectivity index (χ4v) is 2.11. The number of halogens is 1. The number of aliphatic hydroxyl groups excluding tert-OH is 1. The summed E-state index contributed by atoms with van der Waals surface area (Å²) in [6, 6.07) is 7.05. The minimum atomic E-state index is -0.612. The largest absolute Gasteiger partial charge is 0.389 e. The molecule has 0 aliphatic heterocycles. The van der Waals surface area contributed by atoms with Gasteiger partial charge in [-0.2, -0.15) is 0 Å². The molecule has 1 amide bonds. The van der Waals surface area contributed by atoms with Gasteiger partial charge in [0.05, 0.1) is 18.8 Å². The normalized spacial score (nSPS) is 14.0. The van der Waals surface area contributed by atoms with Crippen molar-refractivity contribution in [2.45, 2.75) is 25.6 Å². The SMILES string of the molecule is COCC(O)CN(C)C(C)C(=O)NCc1ccccc1Cl. The molecule has 2 atom stereocenters. The molecule has 1 aromatic carbocycles. The van der Waals surface area contributed by atoms with Crippen LogP contribution in [-0.2, 0) is 16.1 Å². The van der Waals surface area contributed by atoms with Gasteiger partial charge in [0.1, 0.15) is 0 Å². The third-order valence-electron chi connectivity index (χ3n) is 3.31. The van der Waals surface area contributed by atoms with Crippen molar-refractivity contribution in [2.24, 2.45) is 0 Å². The second kappa shape index (κ2) is 9.00. The second-order valence-corrected chi connectivity index (χ2v) is 5.44. The Hall–Kier alpha value is -1.14. The maximum atomic E-state index is 12.1. The van der Waals surface area contributed by atoms with E-state index in [1.165, 1.54) is 7.11 Å². The second-order valence-electron chi connectivity index (χ2n) is 5.03. The third-order valence-corrected chi connectivity index (χ3v) is 3.68. The number of benzene rings is 1. The number of nitrogens with one attached hydrogen (secondary N) is 1. The van der Waals surface area contributed by atoms with Gasteiger partial charge in [0, 0.05) is 25.2 Å². The predicted octanol–water partition coefficient (Wildman–Crippen LogP) is 1.28. The van der Waals surface area contributed by atoms with E-state index in [2.05, 4.69) is 5.32 Å². The standard InChI is InChI=1S/C15H23ClN2O3/c1-11(18(2)9-13(19)10-21-3)15(20)17-8-12-6-4-5-7-14(12)16/h4-7,11,13,19H,8-10H2,1-3H3,(H,17,20). The van der Waals surface area contributed by atoms with Gasteiger partial charge in [-0.05, 0) is 25.6 Å². The lowest BCUT2D eigenvalue weighted by atomic mass is 10.2. The van der Waals surface area contributed by atoms with E-state index < -0.39 is 6.10 Å². The number of carbonyl (C=O) groups excluding carboxylic acids is 1. The monoisotopic (exact) mass is 314 g/mol. The van der Waals surface area contributed by atoms with Crippen LogP contribution in [0.5, 0.6) is 0 Å². The van der Waals surface area contributed by atoms with Crippen LogP contribution in [0.3, 0.4) is 0 Å². The van der Waals surface area contributed by atoms with Crippen LogP contribution in [0.25, 0.3) is 0 Å². The quantitative estimate of drug-likeness (QED) is 0.759. The molecule has 1 rings (SSSR count). The highest BCUT2D eigenvalue weighted by Crippen LogP contribution is 2.14. The van der Waals surface area contributed by atoms with Crippen molar-refractivity contribution >= 4 is 17.5 Å². The molecule has 0 fully saturated rings. The van der Waals surface area contributed by atoms with Crippen LogP contribution in [0.2, 0.25) is 5.02 Å². The summed E-state index contributed by atoms with van der Waals surface area (Å²) < 4.78 is 4.87. The molecule has 6 heteroatoms. The molecule has 0 aliphatic rings. The van der Waals surface area contributed by atoms with E-state index in [0.29, 0.717) is 18.1 Å². The van der Waals surface area contributed by atoms with Crippen molar-refractivity contribution < 1.29 is 14.6 Å². The number of rotatable bonds is 8. The van der Waals surface area contributed by atoms with Crippen LogP contribution < -0.4 is 5.32 Å². The van der Waals surface area contributed by atoms with E-state index in [1.807, 2.05) is 18.2 Å². The van der Waals surface area contributed by atoms with Crippen molar-refractivity contribution in [1.82, 2.24) is 10.2 Å². The number of hydrogen-bond acceptors (Lipinski definition) is 4. The number of likely N-dealkylation sites (N-methyl/N-ethyl adjacent to an activating group) is 1. The first-order valence-electron chi connectivity index (χ1n) is 6.84. The van der Waals surface area contributed by atoms with Gasteiger partial charge in [0.25, 0.3) is 0 Å². The Morgan fingerprint density at radius 2 is 2.14 bits per heavy atom. The van der Waals surface area contributed by atoms with Crippen LogP contribution >= 0.6 is 11.6 Å². The van der Waals surface area contributed by atoms with E-state index >= 15 is 0 Å². The Kier molecular flexibility index (Phi) is 7.67. The molecule has 0 radical (unpaired) electrons. The summed E-state index contributed by atoms with van der Waals surface area (Å²) in [5, 5.41) is 13.2. The van der Waals surface area contributed by atoms with Crippen molar-refractivity contribution in [1.29, 1.82) is 0 Å². The molecule has 1 aromatic rings. The Labute approximate surface area is 130 Å². The lowest BCUT2D eigenvalue weighted by Gasteiger charge is -2.26. The van der Waals surface area contributed by atoms with Gasteiger partial charge in [0.15, 0.2) is 0 Å².